The van der Waals surface area contributed by atoms with Gasteiger partial charge in [0.05, 0.1) is 20.3 Å². The maximum atomic E-state index is 5.22. The van der Waals surface area contributed by atoms with Gasteiger partial charge in [-0.25, -0.2) is 0 Å². The van der Waals surface area contributed by atoms with Crippen molar-refractivity contribution in [3.05, 3.63) is 6.07 Å². The molecule has 0 aliphatic carbocycles. The van der Waals surface area contributed by atoms with Crippen LogP contribution in [0.2, 0.25) is 0 Å². The van der Waals surface area contributed by atoms with Gasteiger partial charge in [0.1, 0.15) is 0 Å². The molecule has 6 heteroatoms. The highest BCUT2D eigenvalue weighted by Crippen LogP contribution is 2.26. The SMILES string of the molecule is CCCNCC1CCCN1c1nc(OC)cc(OC)n1. The van der Waals surface area contributed by atoms with E-state index in [1.54, 1.807) is 20.3 Å². The largest absolute Gasteiger partial charge is 0.481 e. The molecule has 1 unspecified atom stereocenters. The minimum atomic E-state index is 0.443. The minimum absolute atomic E-state index is 0.443. The first-order chi connectivity index (χ1) is 9.78. The molecule has 2 heterocycles. The van der Waals surface area contributed by atoms with Crippen molar-refractivity contribution >= 4 is 5.95 Å². The first-order valence-corrected chi connectivity index (χ1v) is 7.23. The second kappa shape index (κ2) is 7.28. The maximum absolute atomic E-state index is 5.22. The molecule has 1 N–H and O–H groups in total. The van der Waals surface area contributed by atoms with Crippen LogP contribution in [0.5, 0.6) is 11.8 Å². The fraction of sp³-hybridized carbons (Fsp3) is 0.714. The molecule has 1 atom stereocenters. The molecule has 0 spiro atoms. The summed E-state index contributed by atoms with van der Waals surface area (Å²) in [5, 5.41) is 3.47. The minimum Gasteiger partial charge on any atom is -0.481 e. The van der Waals surface area contributed by atoms with E-state index in [4.69, 9.17) is 9.47 Å². The van der Waals surface area contributed by atoms with E-state index in [1.807, 2.05) is 0 Å². The zero-order valence-electron chi connectivity index (χ0n) is 12.6. The third-order valence-corrected chi connectivity index (χ3v) is 3.53. The molecule has 112 valence electrons. The van der Waals surface area contributed by atoms with Gasteiger partial charge in [0.2, 0.25) is 17.7 Å². The molecule has 1 aliphatic heterocycles. The Morgan fingerprint density at radius 2 is 2.00 bits per heavy atom. The summed E-state index contributed by atoms with van der Waals surface area (Å²) in [5.41, 5.74) is 0. The van der Waals surface area contributed by atoms with Gasteiger partial charge in [-0.15, -0.1) is 0 Å². The lowest BCUT2D eigenvalue weighted by Crippen LogP contribution is -2.39. The van der Waals surface area contributed by atoms with Gasteiger partial charge in [-0.2, -0.15) is 9.97 Å². The second-order valence-corrected chi connectivity index (χ2v) is 4.95. The van der Waals surface area contributed by atoms with Crippen molar-refractivity contribution in [2.24, 2.45) is 0 Å². The van der Waals surface area contributed by atoms with Crippen LogP contribution in [-0.2, 0) is 0 Å². The zero-order valence-corrected chi connectivity index (χ0v) is 12.6. The monoisotopic (exact) mass is 280 g/mol. The van der Waals surface area contributed by atoms with Crippen molar-refractivity contribution < 1.29 is 9.47 Å². The number of rotatable bonds is 7. The number of anilines is 1. The molecule has 2 rings (SSSR count). The van der Waals surface area contributed by atoms with Gasteiger partial charge < -0.3 is 19.7 Å². The molecule has 0 amide bonds. The quantitative estimate of drug-likeness (QED) is 0.763. The Kier molecular flexibility index (Phi) is 5.40. The van der Waals surface area contributed by atoms with Gasteiger partial charge in [0.15, 0.2) is 0 Å². The third kappa shape index (κ3) is 3.50. The van der Waals surface area contributed by atoms with E-state index < -0.39 is 0 Å². The average molecular weight is 280 g/mol. The fourth-order valence-electron chi connectivity index (χ4n) is 2.49. The summed E-state index contributed by atoms with van der Waals surface area (Å²) in [4.78, 5) is 11.1. The Bertz CT molecular complexity index is 405. The fourth-order valence-corrected chi connectivity index (χ4v) is 2.49. The smallest absolute Gasteiger partial charge is 0.232 e. The first-order valence-electron chi connectivity index (χ1n) is 7.23. The highest BCUT2D eigenvalue weighted by Gasteiger charge is 2.27. The van der Waals surface area contributed by atoms with Crippen LogP contribution in [-0.4, -0.2) is 49.9 Å². The average Bonchev–Trinajstić information content (AvgIpc) is 2.95. The summed E-state index contributed by atoms with van der Waals surface area (Å²) in [6, 6.07) is 2.14. The van der Waals surface area contributed by atoms with Gasteiger partial charge >= 0.3 is 0 Å². The molecular formula is C14H24N4O2. The molecule has 1 saturated heterocycles. The Hall–Kier alpha value is -1.56. The predicted octanol–water partition coefficient (Wildman–Crippen LogP) is 1.46. The zero-order chi connectivity index (χ0) is 14.4. The van der Waals surface area contributed by atoms with Crippen molar-refractivity contribution in [1.82, 2.24) is 15.3 Å². The number of ether oxygens (including phenoxy) is 2. The molecule has 0 radical (unpaired) electrons. The Labute approximate surface area is 120 Å². The van der Waals surface area contributed by atoms with Gasteiger partial charge in [-0.05, 0) is 25.8 Å². The second-order valence-electron chi connectivity index (χ2n) is 4.95. The summed E-state index contributed by atoms with van der Waals surface area (Å²) in [6.45, 7) is 5.17. The standard InChI is InChI=1S/C14H24N4O2/c1-4-7-15-10-11-6-5-8-18(11)14-16-12(19-2)9-13(17-14)20-3/h9,11,15H,4-8,10H2,1-3H3. The maximum Gasteiger partial charge on any atom is 0.232 e. The van der Waals surface area contributed by atoms with Gasteiger partial charge in [-0.3, -0.25) is 0 Å². The predicted molar refractivity (Wildman–Crippen MR) is 78.7 cm³/mol. The molecule has 20 heavy (non-hydrogen) atoms. The molecule has 0 saturated carbocycles. The van der Waals surface area contributed by atoms with Crippen molar-refractivity contribution in [2.75, 3.05) is 38.8 Å². The first kappa shape index (κ1) is 14.8. The number of aromatic nitrogens is 2. The van der Waals surface area contributed by atoms with E-state index in [9.17, 15) is 0 Å². The van der Waals surface area contributed by atoms with Crippen LogP contribution in [0.25, 0.3) is 0 Å². The van der Waals surface area contributed by atoms with E-state index in [0.29, 0.717) is 23.8 Å². The lowest BCUT2D eigenvalue weighted by molar-refractivity contribution is 0.371. The Morgan fingerprint density at radius 3 is 2.60 bits per heavy atom. The van der Waals surface area contributed by atoms with E-state index in [1.165, 1.54) is 12.8 Å². The van der Waals surface area contributed by atoms with Crippen molar-refractivity contribution in [3.8, 4) is 11.8 Å². The Balaban J connectivity index is 2.12. The molecule has 0 bridgehead atoms. The van der Waals surface area contributed by atoms with Crippen LogP contribution in [0.15, 0.2) is 6.07 Å². The number of methoxy groups -OCH3 is 2. The van der Waals surface area contributed by atoms with Crippen LogP contribution in [0.3, 0.4) is 0 Å². The summed E-state index contributed by atoms with van der Waals surface area (Å²) in [7, 11) is 3.21. The van der Waals surface area contributed by atoms with Gasteiger partial charge in [-0.1, -0.05) is 6.92 Å². The summed E-state index contributed by atoms with van der Waals surface area (Å²) >= 11 is 0. The normalized spacial score (nSPS) is 18.4. The number of nitrogens with zero attached hydrogens (tertiary/aromatic N) is 3. The number of hydrogen-bond acceptors (Lipinski definition) is 6. The molecule has 1 aliphatic rings. The van der Waals surface area contributed by atoms with Crippen LogP contribution in [0.4, 0.5) is 5.95 Å². The topological polar surface area (TPSA) is 59.5 Å². The van der Waals surface area contributed by atoms with Crippen LogP contribution < -0.4 is 19.7 Å². The number of hydrogen-bond donors (Lipinski definition) is 1. The molecule has 0 aromatic carbocycles. The van der Waals surface area contributed by atoms with Gasteiger partial charge in [0, 0.05) is 19.1 Å². The molecular weight excluding hydrogens is 256 g/mol. The molecule has 1 fully saturated rings. The van der Waals surface area contributed by atoms with Crippen molar-refractivity contribution in [3.63, 3.8) is 0 Å². The summed E-state index contributed by atoms with van der Waals surface area (Å²) in [5.74, 6) is 1.78. The summed E-state index contributed by atoms with van der Waals surface area (Å²) in [6.07, 6.45) is 3.48. The number of nitrogens with one attached hydrogen (secondary N) is 1. The van der Waals surface area contributed by atoms with Gasteiger partial charge in [0.25, 0.3) is 0 Å². The molecule has 1 aromatic heterocycles. The van der Waals surface area contributed by atoms with E-state index in [2.05, 4.69) is 27.1 Å². The van der Waals surface area contributed by atoms with E-state index in [-0.39, 0.29) is 0 Å². The van der Waals surface area contributed by atoms with Crippen molar-refractivity contribution in [1.29, 1.82) is 0 Å². The molecule has 1 aromatic rings. The highest BCUT2D eigenvalue weighted by molar-refractivity contribution is 5.39. The lowest BCUT2D eigenvalue weighted by Gasteiger charge is -2.25. The Morgan fingerprint density at radius 1 is 1.30 bits per heavy atom. The molecule has 6 nitrogen and oxygen atoms in total. The highest BCUT2D eigenvalue weighted by atomic mass is 16.5. The van der Waals surface area contributed by atoms with Crippen LogP contribution >= 0.6 is 0 Å². The van der Waals surface area contributed by atoms with Crippen LogP contribution in [0, 0.1) is 0 Å². The lowest BCUT2D eigenvalue weighted by atomic mass is 10.2. The third-order valence-electron chi connectivity index (χ3n) is 3.53. The van der Waals surface area contributed by atoms with E-state index >= 15 is 0 Å². The summed E-state index contributed by atoms with van der Waals surface area (Å²) < 4.78 is 10.4. The van der Waals surface area contributed by atoms with E-state index in [0.717, 1.165) is 26.1 Å². The van der Waals surface area contributed by atoms with Crippen molar-refractivity contribution in [2.45, 2.75) is 32.2 Å². The van der Waals surface area contributed by atoms with Crippen LogP contribution in [0.1, 0.15) is 26.2 Å².